The van der Waals surface area contributed by atoms with Gasteiger partial charge in [0.25, 0.3) is 0 Å². The van der Waals surface area contributed by atoms with Crippen LogP contribution in [0.25, 0.3) is 0 Å². The number of ether oxygens (including phenoxy) is 3. The topological polar surface area (TPSA) is 130 Å². The van der Waals surface area contributed by atoms with Crippen molar-refractivity contribution in [1.82, 2.24) is 4.90 Å². The fraction of sp³-hybridized carbons (Fsp3) is 0.657. The van der Waals surface area contributed by atoms with E-state index in [1.807, 2.05) is 20.8 Å². The first-order valence-corrected chi connectivity index (χ1v) is 16.4. The molecule has 4 rings (SSSR count). The van der Waals surface area contributed by atoms with Crippen LogP contribution in [-0.4, -0.2) is 82.9 Å². The highest BCUT2D eigenvalue weighted by atomic mass is 16.7. The molecule has 3 N–H and O–H groups in total. The molecular formula is C35H52N2O8. The number of hydrogen-bond donors (Lipinski definition) is 3. The van der Waals surface area contributed by atoms with Gasteiger partial charge in [-0.05, 0) is 89.0 Å². The predicted molar refractivity (Wildman–Crippen MR) is 172 cm³/mol. The number of amides is 1. The Morgan fingerprint density at radius 2 is 1.89 bits per heavy atom. The highest BCUT2D eigenvalue weighted by Gasteiger charge is 2.65. The number of phenolic OH excluding ortho intramolecular Hbond substituents is 1. The Balaban J connectivity index is 2.01. The number of aliphatic hydroxyl groups excluding tert-OH is 2. The van der Waals surface area contributed by atoms with Crippen LogP contribution >= 0.6 is 0 Å². The molecule has 0 saturated heterocycles. The summed E-state index contributed by atoms with van der Waals surface area (Å²) < 4.78 is 19.2. The number of carbonyl (C=O) groups is 1. The van der Waals surface area contributed by atoms with E-state index in [4.69, 9.17) is 24.2 Å². The summed E-state index contributed by atoms with van der Waals surface area (Å²) in [7, 11) is 1.70. The summed E-state index contributed by atoms with van der Waals surface area (Å²) in [6.07, 6.45) is 8.48. The first kappa shape index (κ1) is 34.8. The number of allylic oxidation sites excluding steroid dienone is 1. The molecule has 2 aliphatic carbocycles. The van der Waals surface area contributed by atoms with E-state index in [-0.39, 0.29) is 49.9 Å². The number of aliphatic hydroxyl groups is 2. The van der Waals surface area contributed by atoms with Crippen LogP contribution < -0.4 is 4.74 Å². The Morgan fingerprint density at radius 1 is 1.18 bits per heavy atom. The van der Waals surface area contributed by atoms with Gasteiger partial charge in [-0.2, -0.15) is 0 Å². The molecule has 1 aliphatic heterocycles. The normalized spacial score (nSPS) is 27.9. The van der Waals surface area contributed by atoms with Crippen LogP contribution in [0.5, 0.6) is 11.5 Å². The third-order valence-electron chi connectivity index (χ3n) is 9.11. The molecule has 1 aromatic carbocycles. The minimum absolute atomic E-state index is 0.0941. The fourth-order valence-electron chi connectivity index (χ4n) is 7.28. The highest BCUT2D eigenvalue weighted by Crippen LogP contribution is 2.61. The maximum Gasteiger partial charge on any atom is 0.409 e. The van der Waals surface area contributed by atoms with E-state index in [1.54, 1.807) is 43.1 Å². The molecule has 250 valence electrons. The second-order valence-corrected chi connectivity index (χ2v) is 13.3. The third kappa shape index (κ3) is 7.50. The fourth-order valence-corrected chi connectivity index (χ4v) is 7.28. The van der Waals surface area contributed by atoms with Crippen molar-refractivity contribution in [3.63, 3.8) is 0 Å². The van der Waals surface area contributed by atoms with Crippen molar-refractivity contribution in [2.24, 2.45) is 22.9 Å². The maximum atomic E-state index is 13.3. The van der Waals surface area contributed by atoms with Gasteiger partial charge in [-0.1, -0.05) is 30.1 Å². The zero-order valence-electron chi connectivity index (χ0n) is 27.5. The van der Waals surface area contributed by atoms with E-state index in [9.17, 15) is 20.1 Å². The van der Waals surface area contributed by atoms with Crippen molar-refractivity contribution >= 4 is 11.8 Å². The van der Waals surface area contributed by atoms with Gasteiger partial charge in [0.05, 0.1) is 24.8 Å². The first-order chi connectivity index (χ1) is 21.5. The van der Waals surface area contributed by atoms with Crippen molar-refractivity contribution in [3.8, 4) is 11.5 Å². The van der Waals surface area contributed by atoms with E-state index in [2.05, 4.69) is 12.7 Å². The molecule has 3 aliphatic rings. The van der Waals surface area contributed by atoms with Crippen molar-refractivity contribution in [2.75, 3.05) is 33.5 Å². The second kappa shape index (κ2) is 15.0. The molecule has 10 nitrogen and oxygen atoms in total. The predicted octanol–water partition coefficient (Wildman–Crippen LogP) is 5.91. The number of aromatic hydroxyl groups is 1. The monoisotopic (exact) mass is 628 g/mol. The van der Waals surface area contributed by atoms with Gasteiger partial charge < -0.3 is 39.3 Å². The van der Waals surface area contributed by atoms with E-state index in [1.165, 1.54) is 0 Å². The lowest BCUT2D eigenvalue weighted by Gasteiger charge is -2.59. The number of phenols is 1. The number of oxime groups is 1. The highest BCUT2D eigenvalue weighted by molar-refractivity contribution is 6.02. The SMILES string of the molecule is C=CCOC12Oc3ccc(O)cc3C3C(CCCCO)C(CCCCO)C=C(C(=NOC(C)(C)C)CC1N(C)C(=O)OCC)C32. The summed E-state index contributed by atoms with van der Waals surface area (Å²) in [5, 5.41) is 34.8. The van der Waals surface area contributed by atoms with E-state index in [0.717, 1.165) is 36.8 Å². The lowest BCUT2D eigenvalue weighted by atomic mass is 9.55. The third-order valence-corrected chi connectivity index (χ3v) is 9.11. The lowest BCUT2D eigenvalue weighted by Crippen LogP contribution is -2.69. The van der Waals surface area contributed by atoms with Crippen molar-refractivity contribution in [2.45, 2.75) is 96.0 Å². The van der Waals surface area contributed by atoms with Crippen LogP contribution in [0.2, 0.25) is 0 Å². The molecule has 1 fully saturated rings. The Bertz CT molecular complexity index is 1240. The first-order valence-electron chi connectivity index (χ1n) is 16.4. The average Bonchev–Trinajstić information content (AvgIpc) is 3.00. The number of nitrogens with zero attached hydrogens (tertiary/aromatic N) is 2. The van der Waals surface area contributed by atoms with Gasteiger partial charge >= 0.3 is 6.09 Å². The number of unbranched alkanes of at least 4 members (excludes halogenated alkanes) is 2. The smallest absolute Gasteiger partial charge is 0.409 e. The minimum Gasteiger partial charge on any atom is -0.508 e. The van der Waals surface area contributed by atoms with Crippen molar-refractivity contribution in [3.05, 3.63) is 48.1 Å². The number of benzene rings is 1. The van der Waals surface area contributed by atoms with Crippen LogP contribution in [0, 0.1) is 17.8 Å². The van der Waals surface area contributed by atoms with E-state index >= 15 is 0 Å². The Morgan fingerprint density at radius 3 is 2.53 bits per heavy atom. The summed E-state index contributed by atoms with van der Waals surface area (Å²) in [5.74, 6) is -0.983. The zero-order chi connectivity index (χ0) is 32.8. The van der Waals surface area contributed by atoms with Crippen LogP contribution in [0.1, 0.15) is 84.1 Å². The Hall–Kier alpha value is -3.08. The molecule has 1 saturated carbocycles. The molecule has 0 spiro atoms. The molecule has 6 atom stereocenters. The molecule has 6 unspecified atom stereocenters. The van der Waals surface area contributed by atoms with Crippen molar-refractivity contribution < 1.29 is 39.2 Å². The van der Waals surface area contributed by atoms with Crippen LogP contribution in [0.4, 0.5) is 4.79 Å². The quantitative estimate of drug-likeness (QED) is 0.132. The summed E-state index contributed by atoms with van der Waals surface area (Å²) >= 11 is 0. The summed E-state index contributed by atoms with van der Waals surface area (Å²) in [4.78, 5) is 20.9. The van der Waals surface area contributed by atoms with E-state index < -0.39 is 29.4 Å². The molecule has 1 amide bonds. The van der Waals surface area contributed by atoms with Gasteiger partial charge in [0.1, 0.15) is 23.1 Å². The molecule has 0 aromatic heterocycles. The van der Waals surface area contributed by atoms with Gasteiger partial charge in [0.15, 0.2) is 0 Å². The van der Waals surface area contributed by atoms with Crippen LogP contribution in [-0.2, 0) is 14.3 Å². The second-order valence-electron chi connectivity index (χ2n) is 13.3. The van der Waals surface area contributed by atoms with Crippen LogP contribution in [0.15, 0.2) is 47.7 Å². The number of fused-ring (bicyclic) bond motifs is 2. The molecular weight excluding hydrogens is 576 g/mol. The van der Waals surface area contributed by atoms with Crippen molar-refractivity contribution in [1.29, 1.82) is 0 Å². The maximum absolute atomic E-state index is 13.3. The average molecular weight is 629 g/mol. The summed E-state index contributed by atoms with van der Waals surface area (Å²) in [6, 6.07) is 4.52. The Labute approximate surface area is 267 Å². The van der Waals surface area contributed by atoms with E-state index in [0.29, 0.717) is 30.7 Å². The Kier molecular flexibility index (Phi) is 11.6. The van der Waals surface area contributed by atoms with Crippen LogP contribution in [0.3, 0.4) is 0 Å². The largest absolute Gasteiger partial charge is 0.508 e. The standard InChI is InChI=1S/C35H52N2O8/c1-7-19-43-35-30(37(6)33(41)42-8-2)22-28(36-45-34(3,4)5)26-20-23(13-9-11-17-38)25(14-10-12-18-39)31(32(26)35)27-21-24(40)15-16-29(27)44-35/h7,15-16,20-21,23,25,30-32,38-40H,1,8-14,17-19,22H2,2-6H3. The molecule has 0 radical (unpaired) electrons. The molecule has 45 heavy (non-hydrogen) atoms. The van der Waals surface area contributed by atoms with Gasteiger partial charge in [-0.15, -0.1) is 6.58 Å². The summed E-state index contributed by atoms with van der Waals surface area (Å²) in [5.41, 5.74) is 1.99. The summed E-state index contributed by atoms with van der Waals surface area (Å²) in [6.45, 7) is 12.1. The lowest BCUT2D eigenvalue weighted by molar-refractivity contribution is -0.253. The molecule has 10 heteroatoms. The van der Waals surface area contributed by atoms with Gasteiger partial charge in [0, 0.05) is 38.2 Å². The number of hydrogen-bond acceptors (Lipinski definition) is 9. The number of likely N-dealkylation sites (N-methyl/N-ethyl adjacent to an activating group) is 1. The minimum atomic E-state index is -1.33. The molecule has 1 heterocycles. The number of rotatable bonds is 14. The number of carbonyl (C=O) groups excluding carboxylic acids is 1. The van der Waals surface area contributed by atoms with Gasteiger partial charge in [-0.25, -0.2) is 4.79 Å². The van der Waals surface area contributed by atoms with Gasteiger partial charge in [0.2, 0.25) is 5.79 Å². The zero-order valence-corrected chi connectivity index (χ0v) is 27.5. The molecule has 1 aromatic rings. The van der Waals surface area contributed by atoms with Gasteiger partial charge in [-0.3, -0.25) is 0 Å². The molecule has 0 bridgehead atoms.